The van der Waals surface area contributed by atoms with Crippen molar-refractivity contribution in [1.82, 2.24) is 0 Å². The standard InChI is InChI=1S/C32H67O8P/c1-3-5-7-9-11-13-15-17-19-21-23-35-25-27-37-29-31-39-41(33,34)40-32-30-38-28-26-36-24-22-20-18-16-14-12-10-8-6-4-2/h3-32H2,1-2H3,(H,33,34). The van der Waals surface area contributed by atoms with Crippen molar-refractivity contribution in [2.45, 2.75) is 142 Å². The van der Waals surface area contributed by atoms with Gasteiger partial charge in [0, 0.05) is 13.2 Å². The number of phosphoric acid groups is 1. The Kier molecular flexibility index (Phi) is 34.4. The van der Waals surface area contributed by atoms with E-state index in [1.807, 2.05) is 0 Å². The van der Waals surface area contributed by atoms with Crippen molar-refractivity contribution in [3.05, 3.63) is 0 Å². The Hall–Kier alpha value is -0.0500. The Labute approximate surface area is 253 Å². The van der Waals surface area contributed by atoms with Gasteiger partial charge in [0.2, 0.25) is 0 Å². The lowest BCUT2D eigenvalue weighted by Gasteiger charge is -2.12. The fourth-order valence-electron chi connectivity index (χ4n) is 4.49. The van der Waals surface area contributed by atoms with E-state index >= 15 is 0 Å². The Balaban J connectivity index is 3.26. The van der Waals surface area contributed by atoms with E-state index in [9.17, 15) is 9.46 Å². The van der Waals surface area contributed by atoms with Gasteiger partial charge in [-0.05, 0) is 12.8 Å². The minimum Gasteiger partial charge on any atom is -0.379 e. The molecule has 0 heterocycles. The van der Waals surface area contributed by atoms with Crippen LogP contribution in [0, 0.1) is 0 Å². The summed E-state index contributed by atoms with van der Waals surface area (Å²) in [4.78, 5) is 9.72. The Morgan fingerprint density at radius 3 is 0.927 bits per heavy atom. The molecule has 0 atom stereocenters. The fraction of sp³-hybridized carbons (Fsp3) is 1.00. The molecule has 0 aliphatic rings. The molecule has 0 rings (SSSR count). The van der Waals surface area contributed by atoms with Gasteiger partial charge in [-0.1, -0.05) is 129 Å². The first-order valence-electron chi connectivity index (χ1n) is 17.0. The van der Waals surface area contributed by atoms with E-state index in [-0.39, 0.29) is 26.4 Å². The van der Waals surface area contributed by atoms with Gasteiger partial charge in [-0.25, -0.2) is 4.57 Å². The second-order valence-corrected chi connectivity index (χ2v) is 12.4. The molecule has 0 spiro atoms. The number of hydrogen-bond donors (Lipinski definition) is 1. The summed E-state index contributed by atoms with van der Waals surface area (Å²) in [6.07, 6.45) is 26.2. The first-order valence-corrected chi connectivity index (χ1v) is 18.5. The van der Waals surface area contributed by atoms with E-state index in [2.05, 4.69) is 13.8 Å². The van der Waals surface area contributed by atoms with Crippen LogP contribution in [0.25, 0.3) is 0 Å². The zero-order chi connectivity index (χ0) is 30.0. The van der Waals surface area contributed by atoms with Crippen LogP contribution in [0.4, 0.5) is 0 Å². The lowest BCUT2D eigenvalue weighted by Crippen LogP contribution is -2.11. The number of ether oxygens (including phenoxy) is 4. The molecule has 0 radical (unpaired) electrons. The topological polar surface area (TPSA) is 92.7 Å². The summed E-state index contributed by atoms with van der Waals surface area (Å²) in [5.41, 5.74) is 0. The predicted molar refractivity (Wildman–Crippen MR) is 169 cm³/mol. The molecule has 248 valence electrons. The van der Waals surface area contributed by atoms with Gasteiger partial charge in [-0.3, -0.25) is 9.05 Å². The van der Waals surface area contributed by atoms with E-state index in [0.717, 1.165) is 26.1 Å². The largest absolute Gasteiger partial charge is 0.472 e. The molecular weight excluding hydrogens is 543 g/mol. The molecular formula is C32H67O8P. The number of unbranched alkanes of at least 4 members (excludes halogenated alkanes) is 18. The Morgan fingerprint density at radius 2 is 0.610 bits per heavy atom. The van der Waals surface area contributed by atoms with Gasteiger partial charge in [-0.15, -0.1) is 0 Å². The van der Waals surface area contributed by atoms with E-state index in [1.54, 1.807) is 0 Å². The van der Waals surface area contributed by atoms with Crippen molar-refractivity contribution in [1.29, 1.82) is 0 Å². The van der Waals surface area contributed by atoms with Gasteiger partial charge in [0.15, 0.2) is 0 Å². The molecule has 0 aliphatic carbocycles. The van der Waals surface area contributed by atoms with Crippen molar-refractivity contribution in [3.8, 4) is 0 Å². The lowest BCUT2D eigenvalue weighted by atomic mass is 10.1. The highest BCUT2D eigenvalue weighted by Gasteiger charge is 2.20. The fourth-order valence-corrected chi connectivity index (χ4v) is 5.17. The van der Waals surface area contributed by atoms with Crippen molar-refractivity contribution in [2.75, 3.05) is 66.1 Å². The van der Waals surface area contributed by atoms with E-state index in [1.165, 1.54) is 116 Å². The maximum Gasteiger partial charge on any atom is 0.472 e. The van der Waals surface area contributed by atoms with Gasteiger partial charge in [0.1, 0.15) is 0 Å². The first-order chi connectivity index (χ1) is 20.1. The molecule has 1 N–H and O–H groups in total. The predicted octanol–water partition coefficient (Wildman–Crippen LogP) is 9.03. The summed E-state index contributed by atoms with van der Waals surface area (Å²) in [6.45, 7) is 8.32. The molecule has 0 aliphatic heterocycles. The van der Waals surface area contributed by atoms with E-state index in [4.69, 9.17) is 28.0 Å². The minimum atomic E-state index is -4.09. The second kappa shape index (κ2) is 34.4. The zero-order valence-electron chi connectivity index (χ0n) is 27.0. The summed E-state index contributed by atoms with van der Waals surface area (Å²) in [6, 6.07) is 0. The number of rotatable bonds is 36. The highest BCUT2D eigenvalue weighted by atomic mass is 31.2. The van der Waals surface area contributed by atoms with E-state index in [0.29, 0.717) is 26.4 Å². The van der Waals surface area contributed by atoms with Crippen molar-refractivity contribution in [2.24, 2.45) is 0 Å². The van der Waals surface area contributed by atoms with Gasteiger partial charge in [0.05, 0.1) is 52.9 Å². The molecule has 0 saturated carbocycles. The Bertz CT molecular complexity index is 496. The van der Waals surface area contributed by atoms with Gasteiger partial charge in [0.25, 0.3) is 0 Å². The number of hydrogen-bond acceptors (Lipinski definition) is 7. The van der Waals surface area contributed by atoms with Gasteiger partial charge >= 0.3 is 7.82 Å². The van der Waals surface area contributed by atoms with Crippen LogP contribution in [-0.4, -0.2) is 71.0 Å². The molecule has 0 aromatic carbocycles. The van der Waals surface area contributed by atoms with Gasteiger partial charge in [-0.2, -0.15) is 0 Å². The summed E-state index contributed by atoms with van der Waals surface area (Å²) >= 11 is 0. The van der Waals surface area contributed by atoms with Crippen LogP contribution in [-0.2, 0) is 32.6 Å². The quantitative estimate of drug-likeness (QED) is 0.0555. The average Bonchev–Trinajstić information content (AvgIpc) is 2.96. The molecule has 8 nitrogen and oxygen atoms in total. The third kappa shape index (κ3) is 36.1. The van der Waals surface area contributed by atoms with Crippen LogP contribution in [0.3, 0.4) is 0 Å². The lowest BCUT2D eigenvalue weighted by molar-refractivity contribution is 0.0193. The maximum absolute atomic E-state index is 11.9. The molecule has 0 amide bonds. The number of phosphoric ester groups is 1. The normalized spacial score (nSPS) is 12.0. The average molecular weight is 611 g/mol. The minimum absolute atomic E-state index is 0.0140. The summed E-state index contributed by atoms with van der Waals surface area (Å²) in [5, 5.41) is 0. The van der Waals surface area contributed by atoms with Crippen LogP contribution in [0.1, 0.15) is 142 Å². The van der Waals surface area contributed by atoms with Crippen molar-refractivity contribution in [3.63, 3.8) is 0 Å². The maximum atomic E-state index is 11.9. The second-order valence-electron chi connectivity index (χ2n) is 10.9. The molecule has 0 saturated heterocycles. The van der Waals surface area contributed by atoms with Crippen molar-refractivity contribution >= 4 is 7.82 Å². The molecule has 0 aromatic heterocycles. The monoisotopic (exact) mass is 610 g/mol. The third-order valence-electron chi connectivity index (χ3n) is 6.99. The molecule has 0 bridgehead atoms. The highest BCUT2D eigenvalue weighted by molar-refractivity contribution is 7.47. The van der Waals surface area contributed by atoms with Crippen LogP contribution in [0.15, 0.2) is 0 Å². The SMILES string of the molecule is CCCCCCCCCCCCOCCOCCOP(=O)(O)OCCOCCOCCCCCCCCCCCC. The zero-order valence-corrected chi connectivity index (χ0v) is 27.9. The van der Waals surface area contributed by atoms with E-state index < -0.39 is 7.82 Å². The summed E-state index contributed by atoms with van der Waals surface area (Å²) in [5.74, 6) is 0. The summed E-state index contributed by atoms with van der Waals surface area (Å²) < 4.78 is 43.7. The van der Waals surface area contributed by atoms with Crippen LogP contribution < -0.4 is 0 Å². The molecule has 9 heteroatoms. The highest BCUT2D eigenvalue weighted by Crippen LogP contribution is 2.42. The van der Waals surface area contributed by atoms with Crippen LogP contribution in [0.2, 0.25) is 0 Å². The van der Waals surface area contributed by atoms with Crippen molar-refractivity contribution < 1.29 is 37.5 Å². The molecule has 41 heavy (non-hydrogen) atoms. The molecule has 0 fully saturated rings. The summed E-state index contributed by atoms with van der Waals surface area (Å²) in [7, 11) is -4.09. The van der Waals surface area contributed by atoms with Crippen LogP contribution >= 0.6 is 7.82 Å². The molecule has 0 unspecified atom stereocenters. The van der Waals surface area contributed by atoms with Crippen LogP contribution in [0.5, 0.6) is 0 Å². The smallest absolute Gasteiger partial charge is 0.379 e. The molecule has 0 aromatic rings. The first kappa shape index (κ1) is 41.0. The Morgan fingerprint density at radius 1 is 0.366 bits per heavy atom. The van der Waals surface area contributed by atoms with Gasteiger partial charge < -0.3 is 23.8 Å². The third-order valence-corrected chi connectivity index (χ3v) is 8.01.